The third-order valence-corrected chi connectivity index (χ3v) is 2.88. The van der Waals surface area contributed by atoms with E-state index in [-0.39, 0.29) is 5.54 Å². The highest BCUT2D eigenvalue weighted by Crippen LogP contribution is 2.12. The number of likely N-dealkylation sites (tertiary alicyclic amines) is 1. The maximum Gasteiger partial charge on any atom is 0.0630 e. The van der Waals surface area contributed by atoms with Gasteiger partial charge in [0.15, 0.2) is 0 Å². The van der Waals surface area contributed by atoms with Crippen molar-refractivity contribution in [3.63, 3.8) is 0 Å². The van der Waals surface area contributed by atoms with Crippen molar-refractivity contribution in [2.24, 2.45) is 0 Å². The fraction of sp³-hybridized carbons (Fsp3) is 1.00. The Morgan fingerprint density at radius 3 is 2.33 bits per heavy atom. The van der Waals surface area contributed by atoms with Crippen molar-refractivity contribution in [2.75, 3.05) is 33.4 Å². The van der Waals surface area contributed by atoms with E-state index in [1.165, 1.54) is 25.9 Å². The van der Waals surface area contributed by atoms with Gasteiger partial charge in [-0.3, -0.25) is 4.90 Å². The minimum Gasteiger partial charge on any atom is -0.383 e. The fourth-order valence-electron chi connectivity index (χ4n) is 2.02. The Labute approximate surface area is 94.2 Å². The number of hydrogen-bond donors (Lipinski definition) is 1. The maximum atomic E-state index is 5.30. The number of nitrogens with zero attached hydrogens (tertiary/aromatic N) is 1. The molecule has 1 rings (SSSR count). The summed E-state index contributed by atoms with van der Waals surface area (Å²) in [6.45, 7) is 11.0. The van der Waals surface area contributed by atoms with Gasteiger partial charge in [-0.15, -0.1) is 0 Å². The second-order valence-electron chi connectivity index (χ2n) is 5.48. The molecule has 1 aliphatic rings. The fourth-order valence-corrected chi connectivity index (χ4v) is 2.02. The van der Waals surface area contributed by atoms with Crippen LogP contribution in [-0.4, -0.2) is 49.8 Å². The molecule has 1 atom stereocenters. The first-order valence-corrected chi connectivity index (χ1v) is 6.01. The minimum atomic E-state index is 0.200. The van der Waals surface area contributed by atoms with E-state index >= 15 is 0 Å². The molecular formula is C12H26N2O. The zero-order chi connectivity index (χ0) is 11.3. The van der Waals surface area contributed by atoms with Crippen LogP contribution in [0.1, 0.15) is 33.6 Å². The van der Waals surface area contributed by atoms with Crippen LogP contribution in [-0.2, 0) is 4.74 Å². The van der Waals surface area contributed by atoms with Gasteiger partial charge in [-0.1, -0.05) is 0 Å². The van der Waals surface area contributed by atoms with E-state index in [4.69, 9.17) is 4.74 Å². The van der Waals surface area contributed by atoms with Gasteiger partial charge in [-0.25, -0.2) is 0 Å². The lowest BCUT2D eigenvalue weighted by atomic mass is 10.1. The molecule has 0 radical (unpaired) electrons. The van der Waals surface area contributed by atoms with E-state index in [1.807, 2.05) is 0 Å². The minimum absolute atomic E-state index is 0.200. The average Bonchev–Trinajstić information content (AvgIpc) is 2.63. The van der Waals surface area contributed by atoms with Crippen molar-refractivity contribution in [3.8, 4) is 0 Å². The van der Waals surface area contributed by atoms with Gasteiger partial charge in [-0.05, 0) is 46.7 Å². The predicted molar refractivity (Wildman–Crippen MR) is 64.2 cm³/mol. The quantitative estimate of drug-likeness (QED) is 0.750. The molecule has 1 heterocycles. The van der Waals surface area contributed by atoms with Gasteiger partial charge in [-0.2, -0.15) is 0 Å². The molecule has 0 bridgehead atoms. The lowest BCUT2D eigenvalue weighted by molar-refractivity contribution is 0.100. The van der Waals surface area contributed by atoms with Crippen LogP contribution in [0.25, 0.3) is 0 Å². The first-order valence-electron chi connectivity index (χ1n) is 6.01. The van der Waals surface area contributed by atoms with Crippen LogP contribution in [0.5, 0.6) is 0 Å². The summed E-state index contributed by atoms with van der Waals surface area (Å²) < 4.78 is 5.30. The van der Waals surface area contributed by atoms with E-state index in [0.717, 1.165) is 13.2 Å². The molecule has 15 heavy (non-hydrogen) atoms. The Hall–Kier alpha value is -0.120. The average molecular weight is 214 g/mol. The Morgan fingerprint density at radius 2 is 1.87 bits per heavy atom. The monoisotopic (exact) mass is 214 g/mol. The molecule has 1 unspecified atom stereocenters. The summed E-state index contributed by atoms with van der Waals surface area (Å²) in [5, 5.41) is 3.56. The summed E-state index contributed by atoms with van der Waals surface area (Å²) >= 11 is 0. The molecule has 0 aromatic carbocycles. The van der Waals surface area contributed by atoms with Gasteiger partial charge in [0.1, 0.15) is 0 Å². The Bertz CT molecular complexity index is 171. The van der Waals surface area contributed by atoms with Gasteiger partial charge >= 0.3 is 0 Å². The van der Waals surface area contributed by atoms with Crippen molar-refractivity contribution in [1.82, 2.24) is 10.2 Å². The van der Waals surface area contributed by atoms with Crippen molar-refractivity contribution < 1.29 is 4.74 Å². The summed E-state index contributed by atoms with van der Waals surface area (Å²) in [5.74, 6) is 0. The third-order valence-electron chi connectivity index (χ3n) is 2.88. The Morgan fingerprint density at radius 1 is 1.27 bits per heavy atom. The smallest absolute Gasteiger partial charge is 0.0630 e. The summed E-state index contributed by atoms with van der Waals surface area (Å²) in [6.07, 6.45) is 2.69. The van der Waals surface area contributed by atoms with Gasteiger partial charge in [0, 0.05) is 25.2 Å². The van der Waals surface area contributed by atoms with E-state index in [1.54, 1.807) is 7.11 Å². The maximum absolute atomic E-state index is 5.30. The van der Waals surface area contributed by atoms with Crippen LogP contribution < -0.4 is 5.32 Å². The summed E-state index contributed by atoms with van der Waals surface area (Å²) in [5.41, 5.74) is 0.200. The van der Waals surface area contributed by atoms with Crippen LogP contribution in [0, 0.1) is 0 Å². The zero-order valence-electron chi connectivity index (χ0n) is 10.7. The summed E-state index contributed by atoms with van der Waals surface area (Å²) in [6, 6.07) is 0.539. The largest absolute Gasteiger partial charge is 0.383 e. The van der Waals surface area contributed by atoms with Crippen molar-refractivity contribution >= 4 is 0 Å². The van der Waals surface area contributed by atoms with Gasteiger partial charge in [0.2, 0.25) is 0 Å². The molecular weight excluding hydrogens is 188 g/mol. The topological polar surface area (TPSA) is 24.5 Å². The van der Waals surface area contributed by atoms with Crippen LogP contribution in [0.2, 0.25) is 0 Å². The number of nitrogens with one attached hydrogen (secondary N) is 1. The lowest BCUT2D eigenvalue weighted by Crippen LogP contribution is -2.48. The van der Waals surface area contributed by atoms with E-state index < -0.39 is 0 Å². The highest BCUT2D eigenvalue weighted by Gasteiger charge is 2.23. The molecule has 0 aromatic rings. The first-order chi connectivity index (χ1) is 7.03. The molecule has 90 valence electrons. The van der Waals surface area contributed by atoms with Crippen LogP contribution in [0.3, 0.4) is 0 Å². The number of rotatable bonds is 5. The van der Waals surface area contributed by atoms with Crippen molar-refractivity contribution in [3.05, 3.63) is 0 Å². The SMILES string of the molecule is COCC(CNC(C)(C)C)N1CCCC1. The second kappa shape index (κ2) is 5.83. The molecule has 1 N–H and O–H groups in total. The third kappa shape index (κ3) is 4.96. The standard InChI is InChI=1S/C12H26N2O/c1-12(2,3)13-9-11(10-15-4)14-7-5-6-8-14/h11,13H,5-10H2,1-4H3. The molecule has 3 heteroatoms. The molecule has 1 aliphatic heterocycles. The van der Waals surface area contributed by atoms with Gasteiger partial charge < -0.3 is 10.1 Å². The first kappa shape index (κ1) is 12.9. The normalized spacial score (nSPS) is 20.8. The van der Waals surface area contributed by atoms with Gasteiger partial charge in [0.25, 0.3) is 0 Å². The summed E-state index contributed by atoms with van der Waals surface area (Å²) in [4.78, 5) is 2.54. The number of hydrogen-bond acceptors (Lipinski definition) is 3. The van der Waals surface area contributed by atoms with E-state index in [9.17, 15) is 0 Å². The molecule has 1 saturated heterocycles. The molecule has 0 spiro atoms. The Kier molecular flexibility index (Phi) is 5.03. The lowest BCUT2D eigenvalue weighted by Gasteiger charge is -2.30. The number of ether oxygens (including phenoxy) is 1. The van der Waals surface area contributed by atoms with E-state index in [2.05, 4.69) is 31.0 Å². The predicted octanol–water partition coefficient (Wildman–Crippen LogP) is 1.49. The zero-order valence-corrected chi connectivity index (χ0v) is 10.7. The van der Waals surface area contributed by atoms with E-state index in [0.29, 0.717) is 6.04 Å². The van der Waals surface area contributed by atoms with Crippen molar-refractivity contribution in [1.29, 1.82) is 0 Å². The highest BCUT2D eigenvalue weighted by molar-refractivity contribution is 4.81. The molecule has 0 aromatic heterocycles. The van der Waals surface area contributed by atoms with Crippen LogP contribution >= 0.6 is 0 Å². The molecule has 3 nitrogen and oxygen atoms in total. The number of methoxy groups -OCH3 is 1. The molecule has 0 amide bonds. The van der Waals surface area contributed by atoms with Crippen LogP contribution in [0.4, 0.5) is 0 Å². The van der Waals surface area contributed by atoms with Crippen molar-refractivity contribution in [2.45, 2.75) is 45.2 Å². The van der Waals surface area contributed by atoms with Gasteiger partial charge in [0.05, 0.1) is 6.61 Å². The highest BCUT2D eigenvalue weighted by atomic mass is 16.5. The van der Waals surface area contributed by atoms with Crippen LogP contribution in [0.15, 0.2) is 0 Å². The molecule has 1 fully saturated rings. The Balaban J connectivity index is 2.35. The second-order valence-corrected chi connectivity index (χ2v) is 5.48. The molecule has 0 aliphatic carbocycles. The molecule has 0 saturated carbocycles. The summed E-state index contributed by atoms with van der Waals surface area (Å²) in [7, 11) is 1.79.